The van der Waals surface area contributed by atoms with Gasteiger partial charge in [0, 0.05) is 23.5 Å². The van der Waals surface area contributed by atoms with Crippen LogP contribution in [0.5, 0.6) is 5.75 Å². The van der Waals surface area contributed by atoms with Crippen LogP contribution in [0.15, 0.2) is 70.9 Å². The largest absolute Gasteiger partial charge is 0.488 e. The molecule has 33 heavy (non-hydrogen) atoms. The summed E-state index contributed by atoms with van der Waals surface area (Å²) in [6, 6.07) is 19.8. The first-order chi connectivity index (χ1) is 15.9. The number of nitrogens with zero attached hydrogens (tertiary/aromatic N) is 1. The van der Waals surface area contributed by atoms with Crippen LogP contribution in [-0.2, 0) is 26.2 Å². The Hall–Kier alpha value is -2.98. The van der Waals surface area contributed by atoms with Gasteiger partial charge in [-0.15, -0.1) is 11.3 Å². The van der Waals surface area contributed by atoms with Gasteiger partial charge in [-0.1, -0.05) is 48.5 Å². The van der Waals surface area contributed by atoms with Gasteiger partial charge in [-0.3, -0.25) is 0 Å². The minimum absolute atomic E-state index is 0.000751. The summed E-state index contributed by atoms with van der Waals surface area (Å²) in [5, 5.41) is 9.87. The zero-order chi connectivity index (χ0) is 23.3. The molecule has 1 fully saturated rings. The highest BCUT2D eigenvalue weighted by atomic mass is 32.2. The Morgan fingerprint density at radius 3 is 2.45 bits per heavy atom. The monoisotopic (exact) mass is 485 g/mol. The molecule has 0 amide bonds. The molecular weight excluding hydrogens is 462 g/mol. The fourth-order valence-corrected chi connectivity index (χ4v) is 6.25. The number of hydrogen-bond acceptors (Lipinski definition) is 6. The van der Waals surface area contributed by atoms with Crippen LogP contribution in [0.3, 0.4) is 0 Å². The van der Waals surface area contributed by atoms with Gasteiger partial charge in [0.1, 0.15) is 16.6 Å². The number of ether oxygens (including phenoxy) is 2. The van der Waals surface area contributed by atoms with Gasteiger partial charge in [0.25, 0.3) is 10.0 Å². The van der Waals surface area contributed by atoms with Gasteiger partial charge in [-0.2, -0.15) is 4.31 Å². The van der Waals surface area contributed by atoms with E-state index in [2.05, 4.69) is 0 Å². The molecule has 2 heterocycles. The maximum atomic E-state index is 12.9. The second kappa shape index (κ2) is 10.3. The summed E-state index contributed by atoms with van der Waals surface area (Å²) in [6.07, 6.45) is 1.51. The number of sulfonamides is 1. The van der Waals surface area contributed by atoms with Crippen LogP contribution in [0.1, 0.15) is 16.0 Å². The number of benzene rings is 2. The number of rotatable bonds is 8. The molecule has 2 aromatic carbocycles. The number of para-hydroxylation sites is 1. The molecule has 1 N–H and O–H groups in total. The number of carboxylic acids is 1. The third-order valence-electron chi connectivity index (χ3n) is 5.10. The van der Waals surface area contributed by atoms with Crippen molar-refractivity contribution in [3.8, 4) is 5.75 Å². The normalized spacial score (nSPS) is 15.3. The van der Waals surface area contributed by atoms with E-state index in [9.17, 15) is 18.3 Å². The number of aliphatic carboxylic acids is 1. The van der Waals surface area contributed by atoms with Crippen LogP contribution in [0.25, 0.3) is 11.6 Å². The second-order valence-electron chi connectivity index (χ2n) is 7.31. The average molecular weight is 486 g/mol. The Morgan fingerprint density at radius 1 is 1.03 bits per heavy atom. The van der Waals surface area contributed by atoms with Crippen LogP contribution in [0.2, 0.25) is 0 Å². The maximum Gasteiger partial charge on any atom is 0.337 e. The minimum atomic E-state index is -3.69. The predicted molar refractivity (Wildman–Crippen MR) is 127 cm³/mol. The standard InChI is InChI=1S/C24H23NO6S2/c26-24(27)20(22-10-11-23(32-22)33(28,29)25-12-14-30-15-13-25)16-19-8-4-5-9-21(19)31-17-18-6-2-1-3-7-18/h1-11,16H,12-15,17H2,(H,26,27)/b20-16+. The molecule has 1 aliphatic heterocycles. The molecule has 172 valence electrons. The van der Waals surface area contributed by atoms with Crippen molar-refractivity contribution in [1.29, 1.82) is 0 Å². The number of morpholine rings is 1. The lowest BCUT2D eigenvalue weighted by molar-refractivity contribution is -0.130. The molecule has 7 nitrogen and oxygen atoms in total. The lowest BCUT2D eigenvalue weighted by Crippen LogP contribution is -2.40. The quantitative estimate of drug-likeness (QED) is 0.485. The first kappa shape index (κ1) is 23.2. The van der Waals surface area contributed by atoms with E-state index in [1.807, 2.05) is 36.4 Å². The summed E-state index contributed by atoms with van der Waals surface area (Å²) in [5.74, 6) is -0.608. The van der Waals surface area contributed by atoms with E-state index in [1.54, 1.807) is 18.2 Å². The van der Waals surface area contributed by atoms with Gasteiger partial charge in [0.2, 0.25) is 0 Å². The highest BCUT2D eigenvalue weighted by Gasteiger charge is 2.28. The molecular formula is C24H23NO6S2. The first-order valence-corrected chi connectivity index (χ1v) is 12.6. The van der Waals surface area contributed by atoms with Crippen molar-refractivity contribution < 1.29 is 27.8 Å². The lowest BCUT2D eigenvalue weighted by atomic mass is 10.1. The van der Waals surface area contributed by atoms with Crippen molar-refractivity contribution in [3.63, 3.8) is 0 Å². The number of hydrogen-bond donors (Lipinski definition) is 1. The summed E-state index contributed by atoms with van der Waals surface area (Å²) >= 11 is 0.945. The van der Waals surface area contributed by atoms with E-state index < -0.39 is 16.0 Å². The molecule has 0 saturated carbocycles. The van der Waals surface area contributed by atoms with Gasteiger partial charge < -0.3 is 14.6 Å². The third kappa shape index (κ3) is 5.51. The van der Waals surface area contributed by atoms with Gasteiger partial charge in [-0.05, 0) is 29.8 Å². The third-order valence-corrected chi connectivity index (χ3v) is 8.58. The summed E-state index contributed by atoms with van der Waals surface area (Å²) in [7, 11) is -3.69. The number of carboxylic acid groups (broad SMARTS) is 1. The fourth-order valence-electron chi connectivity index (χ4n) is 3.38. The van der Waals surface area contributed by atoms with Crippen molar-refractivity contribution in [2.75, 3.05) is 26.3 Å². The molecule has 0 radical (unpaired) electrons. The summed E-state index contributed by atoms with van der Waals surface area (Å²) in [5.41, 5.74) is 1.59. The zero-order valence-electron chi connectivity index (χ0n) is 17.7. The van der Waals surface area contributed by atoms with Crippen LogP contribution in [0.4, 0.5) is 0 Å². The molecule has 9 heteroatoms. The molecule has 0 aliphatic carbocycles. The van der Waals surface area contributed by atoms with Crippen LogP contribution >= 0.6 is 11.3 Å². The maximum absolute atomic E-state index is 12.9. The van der Waals surface area contributed by atoms with Crippen molar-refractivity contribution >= 4 is 39.0 Å². The second-order valence-corrected chi connectivity index (χ2v) is 10.6. The summed E-state index contributed by atoms with van der Waals surface area (Å²) in [4.78, 5) is 12.4. The van der Waals surface area contributed by atoms with Gasteiger partial charge in [0.05, 0.1) is 18.8 Å². The molecule has 1 aromatic heterocycles. The highest BCUT2D eigenvalue weighted by Crippen LogP contribution is 2.32. The lowest BCUT2D eigenvalue weighted by Gasteiger charge is -2.25. The molecule has 0 atom stereocenters. The van der Waals surface area contributed by atoms with E-state index in [-0.39, 0.29) is 22.9 Å². The molecule has 0 bridgehead atoms. The molecule has 3 aromatic rings. The number of thiophene rings is 1. The first-order valence-electron chi connectivity index (χ1n) is 10.3. The van der Waals surface area contributed by atoms with Crippen molar-refractivity contribution in [2.24, 2.45) is 0 Å². The van der Waals surface area contributed by atoms with Crippen LogP contribution < -0.4 is 4.74 Å². The Bertz CT molecular complexity index is 1240. The topological polar surface area (TPSA) is 93.1 Å². The Labute approximate surface area is 196 Å². The van der Waals surface area contributed by atoms with E-state index in [4.69, 9.17) is 9.47 Å². The van der Waals surface area contributed by atoms with E-state index in [0.29, 0.717) is 36.0 Å². The Kier molecular flexibility index (Phi) is 7.24. The van der Waals surface area contributed by atoms with Crippen LogP contribution in [-0.4, -0.2) is 50.1 Å². The van der Waals surface area contributed by atoms with E-state index in [0.717, 1.165) is 16.9 Å². The van der Waals surface area contributed by atoms with Gasteiger partial charge in [-0.25, -0.2) is 13.2 Å². The zero-order valence-corrected chi connectivity index (χ0v) is 19.3. The smallest absolute Gasteiger partial charge is 0.337 e. The highest BCUT2D eigenvalue weighted by molar-refractivity contribution is 7.91. The fraction of sp³-hybridized carbons (Fsp3) is 0.208. The van der Waals surface area contributed by atoms with Crippen LogP contribution in [0, 0.1) is 0 Å². The van der Waals surface area contributed by atoms with E-state index >= 15 is 0 Å². The molecule has 1 saturated heterocycles. The SMILES string of the molecule is O=C(O)/C(=C/c1ccccc1OCc1ccccc1)c1ccc(S(=O)(=O)N2CCOCC2)s1. The summed E-state index contributed by atoms with van der Waals surface area (Å²) < 4.78 is 38.5. The Morgan fingerprint density at radius 2 is 1.73 bits per heavy atom. The minimum Gasteiger partial charge on any atom is -0.488 e. The molecule has 0 unspecified atom stereocenters. The van der Waals surface area contributed by atoms with Crippen molar-refractivity contribution in [2.45, 2.75) is 10.8 Å². The molecule has 0 spiro atoms. The van der Waals surface area contributed by atoms with Gasteiger partial charge in [0.15, 0.2) is 0 Å². The van der Waals surface area contributed by atoms with Crippen molar-refractivity contribution in [1.82, 2.24) is 4.31 Å². The predicted octanol–water partition coefficient (Wildman–Crippen LogP) is 3.97. The Balaban J connectivity index is 1.61. The van der Waals surface area contributed by atoms with Gasteiger partial charge >= 0.3 is 5.97 Å². The van der Waals surface area contributed by atoms with Crippen molar-refractivity contribution in [3.05, 3.63) is 82.7 Å². The molecule has 4 rings (SSSR count). The average Bonchev–Trinajstić information content (AvgIpc) is 3.33. The van der Waals surface area contributed by atoms with E-state index in [1.165, 1.54) is 22.5 Å². The summed E-state index contributed by atoms with van der Waals surface area (Å²) in [6.45, 7) is 1.59. The number of carbonyl (C=O) groups is 1. The molecule has 1 aliphatic rings.